The lowest BCUT2D eigenvalue weighted by Gasteiger charge is -2.22. The smallest absolute Gasteiger partial charge is 0.282 e. The Kier molecular flexibility index (Phi) is 5.16. The van der Waals surface area contributed by atoms with Gasteiger partial charge in [-0.2, -0.15) is 0 Å². The lowest BCUT2D eigenvalue weighted by molar-refractivity contribution is -0.120. The van der Waals surface area contributed by atoms with Crippen molar-refractivity contribution in [3.8, 4) is 0 Å². The first-order chi connectivity index (χ1) is 15.9. The highest BCUT2D eigenvalue weighted by Gasteiger charge is 2.44. The van der Waals surface area contributed by atoms with Gasteiger partial charge in [-0.3, -0.25) is 9.59 Å². The Balaban J connectivity index is 1.66. The highest BCUT2D eigenvalue weighted by molar-refractivity contribution is 6.46. The molecule has 0 N–H and O–H groups in total. The van der Waals surface area contributed by atoms with E-state index >= 15 is 0 Å². The van der Waals surface area contributed by atoms with Gasteiger partial charge in [0.15, 0.2) is 0 Å². The van der Waals surface area contributed by atoms with Gasteiger partial charge in [-0.25, -0.2) is 4.90 Å². The zero-order valence-electron chi connectivity index (χ0n) is 19.6. The average Bonchev–Trinajstić information content (AvgIpc) is 3.33. The van der Waals surface area contributed by atoms with Crippen LogP contribution in [0.15, 0.2) is 72.4 Å². The number of carbonyl (C=O) groups is 2. The first-order valence-corrected chi connectivity index (χ1v) is 11.5. The van der Waals surface area contributed by atoms with E-state index in [2.05, 4.69) is 26.8 Å². The maximum absolute atomic E-state index is 13.9. The molecule has 4 heteroatoms. The Bertz CT molecular complexity index is 1300. The molecule has 3 aromatic carbocycles. The number of aryl methyl sites for hydroxylation is 2. The van der Waals surface area contributed by atoms with Crippen molar-refractivity contribution in [3.63, 3.8) is 0 Å². The van der Waals surface area contributed by atoms with Crippen LogP contribution < -0.4 is 9.80 Å². The minimum Gasteiger partial charge on any atom is -0.336 e. The van der Waals surface area contributed by atoms with Gasteiger partial charge in [0.25, 0.3) is 11.8 Å². The van der Waals surface area contributed by atoms with Crippen molar-refractivity contribution < 1.29 is 9.59 Å². The molecular weight excluding hydrogens is 408 g/mol. The summed E-state index contributed by atoms with van der Waals surface area (Å²) in [6.07, 6.45) is 0.852. The van der Waals surface area contributed by atoms with Crippen LogP contribution in [-0.4, -0.2) is 18.4 Å². The molecule has 2 aliphatic rings. The number of imide groups is 1. The normalized spacial score (nSPS) is 15.8. The van der Waals surface area contributed by atoms with Gasteiger partial charge >= 0.3 is 0 Å². The average molecular weight is 437 g/mol. The van der Waals surface area contributed by atoms with Crippen LogP contribution in [0.4, 0.5) is 11.4 Å². The van der Waals surface area contributed by atoms with Crippen molar-refractivity contribution in [2.24, 2.45) is 0 Å². The van der Waals surface area contributed by atoms with Crippen LogP contribution in [-0.2, 0) is 16.0 Å². The molecule has 0 saturated carbocycles. The van der Waals surface area contributed by atoms with Crippen LogP contribution in [0.5, 0.6) is 0 Å². The minimum absolute atomic E-state index is 0.262. The molecule has 0 bridgehead atoms. The quantitative estimate of drug-likeness (QED) is 0.487. The molecule has 33 heavy (non-hydrogen) atoms. The molecule has 0 unspecified atom stereocenters. The number of amides is 2. The molecule has 0 atom stereocenters. The van der Waals surface area contributed by atoms with Crippen molar-refractivity contribution in [3.05, 3.63) is 100 Å². The number of anilines is 2. The fourth-order valence-corrected chi connectivity index (χ4v) is 4.74. The molecule has 5 rings (SSSR count). The molecule has 0 saturated heterocycles. The summed E-state index contributed by atoms with van der Waals surface area (Å²) in [5.74, 6) is -0.146. The summed E-state index contributed by atoms with van der Waals surface area (Å²) in [5.41, 5.74) is 7.99. The molecule has 0 aliphatic carbocycles. The van der Waals surface area contributed by atoms with Gasteiger partial charge in [0, 0.05) is 12.2 Å². The lowest BCUT2D eigenvalue weighted by atomic mass is 9.99. The molecule has 2 aliphatic heterocycles. The van der Waals surface area contributed by atoms with Gasteiger partial charge < -0.3 is 4.90 Å². The van der Waals surface area contributed by atoms with E-state index in [1.54, 1.807) is 0 Å². The van der Waals surface area contributed by atoms with E-state index in [9.17, 15) is 9.59 Å². The molecule has 2 amide bonds. The topological polar surface area (TPSA) is 40.6 Å². The second-order valence-electron chi connectivity index (χ2n) is 9.24. The van der Waals surface area contributed by atoms with E-state index in [4.69, 9.17) is 0 Å². The Morgan fingerprint density at radius 3 is 2.24 bits per heavy atom. The molecular formula is C29H28N2O2. The van der Waals surface area contributed by atoms with Gasteiger partial charge in [-0.05, 0) is 72.2 Å². The fourth-order valence-electron chi connectivity index (χ4n) is 4.74. The number of carbonyl (C=O) groups excluding carboxylic acids is 2. The maximum Gasteiger partial charge on any atom is 0.282 e. The molecule has 3 aromatic rings. The third-order valence-electron chi connectivity index (χ3n) is 6.83. The van der Waals surface area contributed by atoms with Crippen molar-refractivity contribution in [1.29, 1.82) is 0 Å². The van der Waals surface area contributed by atoms with Crippen LogP contribution in [0.3, 0.4) is 0 Å². The molecule has 0 radical (unpaired) electrons. The van der Waals surface area contributed by atoms with Gasteiger partial charge in [-0.1, -0.05) is 62.4 Å². The third-order valence-corrected chi connectivity index (χ3v) is 6.83. The first-order valence-electron chi connectivity index (χ1n) is 11.5. The number of nitrogens with zero attached hydrogens (tertiary/aromatic N) is 2. The standard InChI is InChI=1S/C29H28N2O2/c1-18(2)21-11-13-24(14-12-21)31-28(32)26(23-10-9-19(3)20(4)17-23)27(29(31)33)30-16-15-22-7-5-6-8-25(22)30/h5-14,17-18H,15-16H2,1-4H3. The summed E-state index contributed by atoms with van der Waals surface area (Å²) >= 11 is 0. The fraction of sp³-hybridized carbons (Fsp3) is 0.241. The second-order valence-corrected chi connectivity index (χ2v) is 9.24. The number of para-hydroxylation sites is 1. The van der Waals surface area contributed by atoms with Gasteiger partial charge in [0.2, 0.25) is 0 Å². The predicted octanol–water partition coefficient (Wildman–Crippen LogP) is 5.77. The molecule has 4 nitrogen and oxygen atoms in total. The third kappa shape index (κ3) is 3.46. The summed E-state index contributed by atoms with van der Waals surface area (Å²) in [6, 6.07) is 21.9. The first kappa shape index (κ1) is 21.2. The van der Waals surface area contributed by atoms with E-state index in [-0.39, 0.29) is 11.8 Å². The van der Waals surface area contributed by atoms with Crippen molar-refractivity contribution >= 4 is 28.8 Å². The number of benzene rings is 3. The minimum atomic E-state index is -0.264. The summed E-state index contributed by atoms with van der Waals surface area (Å²) in [5, 5.41) is 0. The number of rotatable bonds is 4. The zero-order chi connectivity index (χ0) is 23.3. The summed E-state index contributed by atoms with van der Waals surface area (Å²) in [7, 11) is 0. The summed E-state index contributed by atoms with van der Waals surface area (Å²) < 4.78 is 0. The molecule has 2 heterocycles. The zero-order valence-corrected chi connectivity index (χ0v) is 19.6. The van der Waals surface area contributed by atoms with Gasteiger partial charge in [0.05, 0.1) is 11.3 Å². The highest BCUT2D eigenvalue weighted by Crippen LogP contribution is 2.40. The molecule has 166 valence electrons. The Morgan fingerprint density at radius 1 is 0.818 bits per heavy atom. The van der Waals surface area contributed by atoms with Crippen molar-refractivity contribution in [1.82, 2.24) is 0 Å². The lowest BCUT2D eigenvalue weighted by Crippen LogP contribution is -2.34. The largest absolute Gasteiger partial charge is 0.336 e. The van der Waals surface area contributed by atoms with Crippen LogP contribution in [0.1, 0.15) is 47.6 Å². The van der Waals surface area contributed by atoms with E-state index in [0.29, 0.717) is 29.4 Å². The molecule has 0 fully saturated rings. The molecule has 0 spiro atoms. The number of hydrogen-bond donors (Lipinski definition) is 0. The van der Waals surface area contributed by atoms with E-state index in [0.717, 1.165) is 28.8 Å². The van der Waals surface area contributed by atoms with E-state index in [1.165, 1.54) is 16.0 Å². The monoisotopic (exact) mass is 436 g/mol. The SMILES string of the molecule is Cc1ccc(C2=C(N3CCc4ccccc43)C(=O)N(c3ccc(C(C)C)cc3)C2=O)cc1C. The Hall–Kier alpha value is -3.66. The van der Waals surface area contributed by atoms with Crippen molar-refractivity contribution in [2.45, 2.75) is 40.0 Å². The second kappa shape index (κ2) is 8.04. The Morgan fingerprint density at radius 2 is 1.55 bits per heavy atom. The van der Waals surface area contributed by atoms with Crippen LogP contribution in [0.25, 0.3) is 5.57 Å². The van der Waals surface area contributed by atoms with E-state index in [1.807, 2.05) is 72.5 Å². The van der Waals surface area contributed by atoms with Crippen LogP contribution in [0.2, 0.25) is 0 Å². The number of hydrogen-bond acceptors (Lipinski definition) is 3. The predicted molar refractivity (Wildman–Crippen MR) is 133 cm³/mol. The highest BCUT2D eigenvalue weighted by atomic mass is 16.2. The summed E-state index contributed by atoms with van der Waals surface area (Å²) in [6.45, 7) is 9.03. The van der Waals surface area contributed by atoms with Crippen molar-refractivity contribution in [2.75, 3.05) is 16.3 Å². The van der Waals surface area contributed by atoms with Crippen LogP contribution in [0, 0.1) is 13.8 Å². The molecule has 0 aromatic heterocycles. The number of fused-ring (bicyclic) bond motifs is 1. The van der Waals surface area contributed by atoms with E-state index < -0.39 is 0 Å². The Labute approximate surface area is 195 Å². The van der Waals surface area contributed by atoms with Gasteiger partial charge in [-0.15, -0.1) is 0 Å². The van der Waals surface area contributed by atoms with Crippen LogP contribution >= 0.6 is 0 Å². The van der Waals surface area contributed by atoms with Gasteiger partial charge in [0.1, 0.15) is 5.70 Å². The maximum atomic E-state index is 13.9. The summed E-state index contributed by atoms with van der Waals surface area (Å²) in [4.78, 5) is 31.1.